The molecule has 3 unspecified atom stereocenters. The van der Waals surface area contributed by atoms with Crippen molar-refractivity contribution in [3.63, 3.8) is 0 Å². The van der Waals surface area contributed by atoms with E-state index in [4.69, 9.17) is 10.5 Å². The number of carbonyl (C=O) groups is 1. The van der Waals surface area contributed by atoms with Crippen molar-refractivity contribution in [3.05, 3.63) is 65.2 Å². The zero-order chi connectivity index (χ0) is 38.8. The summed E-state index contributed by atoms with van der Waals surface area (Å²) in [5, 5.41) is 9.22. The number of benzene rings is 2. The molecule has 0 saturated carbocycles. The Labute approximate surface area is 314 Å². The molecule has 3 aromatic heterocycles. The van der Waals surface area contributed by atoms with E-state index >= 15 is 22.0 Å². The predicted octanol–water partition coefficient (Wildman–Crippen LogP) is 6.75. The minimum Gasteiger partial charge on any atom is -0.461 e. The van der Waals surface area contributed by atoms with Gasteiger partial charge in [-0.1, -0.05) is 6.07 Å². The minimum absolute atomic E-state index is 0.0391. The zero-order valence-corrected chi connectivity index (χ0v) is 30.2. The molecule has 3 saturated heterocycles. The molecule has 18 heteroatoms. The molecule has 55 heavy (non-hydrogen) atoms. The van der Waals surface area contributed by atoms with Gasteiger partial charge in [0.1, 0.15) is 53.0 Å². The molecule has 8 rings (SSSR count). The predicted molar refractivity (Wildman–Crippen MR) is 192 cm³/mol. The van der Waals surface area contributed by atoms with Crippen molar-refractivity contribution in [2.45, 2.75) is 56.5 Å². The Morgan fingerprint density at radius 3 is 2.75 bits per heavy atom. The van der Waals surface area contributed by atoms with Crippen molar-refractivity contribution >= 4 is 49.1 Å². The standard InChI is InChI=1S/C37H33F6N9O2S/c1-2-52(20-7-11-50(16-20)34(53)26-6-9-46-18-47-26)33-22-12-24(37(41,42)43)28(21-4-5-25(39)31-27(21)23(14-44)32(45)55-31)29(40)30(22)48-35(49-33)54-17-36-8-3-10-51(36)15-19(38)13-36/h4-6,9,12,18-20H,2-3,7-8,10-11,13,15-17,45H2,1H3. The van der Waals surface area contributed by atoms with Gasteiger partial charge in [0.15, 0.2) is 5.82 Å². The number of aromatic nitrogens is 4. The van der Waals surface area contributed by atoms with E-state index in [-0.39, 0.29) is 82.1 Å². The van der Waals surface area contributed by atoms with E-state index in [0.29, 0.717) is 37.3 Å². The topological polar surface area (TPSA) is 137 Å². The highest BCUT2D eigenvalue weighted by Gasteiger charge is 2.49. The van der Waals surface area contributed by atoms with Gasteiger partial charge in [-0.2, -0.15) is 28.4 Å². The first kappa shape index (κ1) is 36.7. The second-order valence-electron chi connectivity index (χ2n) is 14.0. The number of ether oxygens (including phenoxy) is 1. The van der Waals surface area contributed by atoms with E-state index in [1.54, 1.807) is 16.7 Å². The second-order valence-corrected chi connectivity index (χ2v) is 15.1. The third-order valence-corrected chi connectivity index (χ3v) is 12.0. The fourth-order valence-corrected chi connectivity index (χ4v) is 9.41. The van der Waals surface area contributed by atoms with Gasteiger partial charge < -0.3 is 20.3 Å². The lowest BCUT2D eigenvalue weighted by atomic mass is 9.92. The molecule has 3 aliphatic heterocycles. The van der Waals surface area contributed by atoms with Crippen LogP contribution in [0.5, 0.6) is 6.01 Å². The van der Waals surface area contributed by atoms with Crippen molar-refractivity contribution in [3.8, 4) is 23.2 Å². The number of alkyl halides is 4. The van der Waals surface area contributed by atoms with Gasteiger partial charge >= 0.3 is 12.2 Å². The Kier molecular flexibility index (Phi) is 9.19. The number of thiophene rings is 1. The maximum atomic E-state index is 17.3. The molecule has 2 aromatic carbocycles. The first-order valence-corrected chi connectivity index (χ1v) is 18.5. The largest absolute Gasteiger partial charge is 0.461 e. The number of hydrogen-bond acceptors (Lipinski definition) is 11. The number of nitrogens with two attached hydrogens (primary N) is 1. The van der Waals surface area contributed by atoms with Crippen LogP contribution in [0.15, 0.2) is 36.8 Å². The molecule has 6 heterocycles. The number of halogens is 6. The van der Waals surface area contributed by atoms with Gasteiger partial charge in [0, 0.05) is 61.2 Å². The Morgan fingerprint density at radius 2 is 2.02 bits per heavy atom. The first-order valence-electron chi connectivity index (χ1n) is 17.7. The summed E-state index contributed by atoms with van der Waals surface area (Å²) in [4.78, 5) is 35.4. The average molecular weight is 782 g/mol. The van der Waals surface area contributed by atoms with E-state index in [1.165, 1.54) is 18.6 Å². The van der Waals surface area contributed by atoms with Crippen LogP contribution in [0, 0.1) is 23.0 Å². The van der Waals surface area contributed by atoms with E-state index in [9.17, 15) is 14.4 Å². The van der Waals surface area contributed by atoms with Crippen molar-refractivity contribution < 1.29 is 35.9 Å². The summed E-state index contributed by atoms with van der Waals surface area (Å²) in [6.45, 7) is 3.28. The molecule has 11 nitrogen and oxygen atoms in total. The Balaban J connectivity index is 1.30. The summed E-state index contributed by atoms with van der Waals surface area (Å²) in [6, 6.07) is 5.16. The van der Waals surface area contributed by atoms with Crippen molar-refractivity contribution in [2.75, 3.05) is 50.0 Å². The molecule has 3 atom stereocenters. The molecule has 0 aliphatic carbocycles. The highest BCUT2D eigenvalue weighted by molar-refractivity contribution is 7.23. The maximum absolute atomic E-state index is 17.3. The van der Waals surface area contributed by atoms with Crippen molar-refractivity contribution in [1.29, 1.82) is 5.26 Å². The average Bonchev–Trinajstić information content (AvgIpc) is 3.94. The highest BCUT2D eigenvalue weighted by Crippen LogP contribution is 2.48. The van der Waals surface area contributed by atoms with Crippen LogP contribution in [0.25, 0.3) is 32.1 Å². The molecule has 5 aromatic rings. The van der Waals surface area contributed by atoms with Crippen LogP contribution in [0.1, 0.15) is 54.2 Å². The molecular formula is C37H33F6N9O2S. The smallest absolute Gasteiger partial charge is 0.417 e. The molecular weight excluding hydrogens is 749 g/mol. The van der Waals surface area contributed by atoms with Crippen LogP contribution in [0.3, 0.4) is 0 Å². The summed E-state index contributed by atoms with van der Waals surface area (Å²) >= 11 is 0.672. The van der Waals surface area contributed by atoms with Crippen LogP contribution in [0.4, 0.5) is 37.2 Å². The van der Waals surface area contributed by atoms with E-state index in [2.05, 4.69) is 19.9 Å². The summed E-state index contributed by atoms with van der Waals surface area (Å²) in [5.74, 6) is -2.64. The van der Waals surface area contributed by atoms with E-state index in [0.717, 1.165) is 24.6 Å². The fraction of sp³-hybridized carbons (Fsp3) is 0.405. The summed E-state index contributed by atoms with van der Waals surface area (Å²) in [7, 11) is 0. The number of rotatable bonds is 8. The summed E-state index contributed by atoms with van der Waals surface area (Å²) < 4.78 is 98.4. The molecule has 0 bridgehead atoms. The number of nitriles is 1. The van der Waals surface area contributed by atoms with Gasteiger partial charge in [0.25, 0.3) is 5.91 Å². The molecule has 286 valence electrons. The van der Waals surface area contributed by atoms with Crippen LogP contribution < -0.4 is 15.4 Å². The summed E-state index contributed by atoms with van der Waals surface area (Å²) in [6.07, 6.45) is -1.44. The SMILES string of the molecule is CCN(c1nc(OCC23CCCN2CC(F)C3)nc2c(F)c(-c3ccc(F)c4sc(N)c(C#N)c34)c(C(F)(F)F)cc12)C1CCN(C(=O)c2ccncn2)C1. The Hall–Kier alpha value is -5.28. The van der Waals surface area contributed by atoms with Gasteiger partial charge in [-0.15, -0.1) is 11.3 Å². The quantitative estimate of drug-likeness (QED) is 0.169. The van der Waals surface area contributed by atoms with E-state index < -0.39 is 57.8 Å². The normalized spacial score (nSPS) is 21.4. The van der Waals surface area contributed by atoms with Gasteiger partial charge in [-0.25, -0.2) is 23.1 Å². The van der Waals surface area contributed by atoms with Crippen molar-refractivity contribution in [2.24, 2.45) is 0 Å². The highest BCUT2D eigenvalue weighted by atomic mass is 32.1. The first-order chi connectivity index (χ1) is 26.3. The number of nitrogens with zero attached hydrogens (tertiary/aromatic N) is 8. The number of anilines is 2. The summed E-state index contributed by atoms with van der Waals surface area (Å²) in [5.41, 5.74) is 1.98. The van der Waals surface area contributed by atoms with Gasteiger partial charge in [0.2, 0.25) is 0 Å². The van der Waals surface area contributed by atoms with Crippen LogP contribution in [-0.2, 0) is 6.18 Å². The number of hydrogen-bond donors (Lipinski definition) is 1. The number of fused-ring (bicyclic) bond motifs is 3. The number of nitrogen functional groups attached to an aromatic ring is 1. The molecule has 0 radical (unpaired) electrons. The van der Waals surface area contributed by atoms with Crippen LogP contribution in [0.2, 0.25) is 0 Å². The number of carbonyl (C=O) groups excluding carboxylic acids is 1. The zero-order valence-electron chi connectivity index (χ0n) is 29.3. The molecule has 0 spiro atoms. The third kappa shape index (κ3) is 6.22. The monoisotopic (exact) mass is 781 g/mol. The number of likely N-dealkylation sites (tertiary alicyclic amines) is 1. The molecule has 3 fully saturated rings. The second kappa shape index (κ2) is 13.8. The molecule has 2 N–H and O–H groups in total. The van der Waals surface area contributed by atoms with Gasteiger partial charge in [-0.05, 0) is 56.5 Å². The fourth-order valence-electron chi connectivity index (χ4n) is 8.46. The van der Waals surface area contributed by atoms with Gasteiger partial charge in [-0.3, -0.25) is 9.69 Å². The molecule has 1 amide bonds. The number of amides is 1. The Bertz CT molecular complexity index is 2370. The van der Waals surface area contributed by atoms with Crippen LogP contribution >= 0.6 is 11.3 Å². The Morgan fingerprint density at radius 1 is 1.20 bits per heavy atom. The van der Waals surface area contributed by atoms with Gasteiger partial charge in [0.05, 0.1) is 21.4 Å². The lowest BCUT2D eigenvalue weighted by molar-refractivity contribution is -0.137. The maximum Gasteiger partial charge on any atom is 0.417 e. The number of likely N-dealkylation sites (N-methyl/N-ethyl adjacent to an activating group) is 1. The third-order valence-electron chi connectivity index (χ3n) is 10.9. The lowest BCUT2D eigenvalue weighted by Crippen LogP contribution is -2.43. The van der Waals surface area contributed by atoms with Crippen LogP contribution in [-0.4, -0.2) is 92.7 Å². The van der Waals surface area contributed by atoms with Crippen molar-refractivity contribution in [1.82, 2.24) is 29.7 Å². The molecule has 3 aliphatic rings. The van der Waals surface area contributed by atoms with E-state index in [1.807, 2.05) is 11.0 Å². The lowest BCUT2D eigenvalue weighted by Gasteiger charge is -2.32. The minimum atomic E-state index is -5.15.